The fourth-order valence-electron chi connectivity index (χ4n) is 3.55. The highest BCUT2D eigenvalue weighted by Gasteiger charge is 2.20. The molecule has 1 aliphatic rings. The molecule has 1 aromatic carbocycles. The van der Waals surface area contributed by atoms with Gasteiger partial charge in [0.2, 0.25) is 0 Å². The highest BCUT2D eigenvalue weighted by atomic mass is 16.5. The van der Waals surface area contributed by atoms with Crippen LogP contribution in [-0.4, -0.2) is 34.5 Å². The second-order valence-electron chi connectivity index (χ2n) is 6.80. The van der Waals surface area contributed by atoms with Crippen LogP contribution in [0.15, 0.2) is 48.2 Å². The molecule has 0 bridgehead atoms. The Labute approximate surface area is 160 Å². The lowest BCUT2D eigenvalue weighted by atomic mass is 10.2. The largest absolute Gasteiger partial charge is 0.452 e. The lowest BCUT2D eigenvalue weighted by Crippen LogP contribution is -2.33. The fraction of sp³-hybridized carbons (Fsp3) is 0.364. The quantitative estimate of drug-likeness (QED) is 0.721. The van der Waals surface area contributed by atoms with Crippen LogP contribution in [0.1, 0.15) is 47.9 Å². The third-order valence-corrected chi connectivity index (χ3v) is 4.94. The standard InChI is InChI=1S/C22H26N2O3/c1-4-23(19-7-5-6-8-19)21(25)15-27-22(26)18-11-13-20(14-12-18)24-16(2)9-10-17(24)3/h7,9-14H,4-6,8,15H2,1-3H3. The van der Waals surface area contributed by atoms with E-state index in [4.69, 9.17) is 4.74 Å². The van der Waals surface area contributed by atoms with Crippen molar-refractivity contribution in [1.29, 1.82) is 0 Å². The Bertz CT molecular complexity index is 843. The first-order valence-corrected chi connectivity index (χ1v) is 9.43. The molecule has 1 aromatic heterocycles. The molecule has 0 saturated heterocycles. The Morgan fingerprint density at radius 3 is 2.30 bits per heavy atom. The molecule has 27 heavy (non-hydrogen) atoms. The van der Waals surface area contributed by atoms with Crippen LogP contribution in [0.25, 0.3) is 5.69 Å². The molecule has 5 heteroatoms. The Morgan fingerprint density at radius 2 is 1.74 bits per heavy atom. The van der Waals surface area contributed by atoms with Crippen molar-refractivity contribution in [2.75, 3.05) is 13.2 Å². The number of carbonyl (C=O) groups excluding carboxylic acids is 2. The summed E-state index contributed by atoms with van der Waals surface area (Å²) in [5, 5.41) is 0. The maximum atomic E-state index is 12.4. The van der Waals surface area contributed by atoms with Gasteiger partial charge in [0, 0.05) is 29.3 Å². The van der Waals surface area contributed by atoms with E-state index in [-0.39, 0.29) is 12.5 Å². The molecule has 3 rings (SSSR count). The van der Waals surface area contributed by atoms with Gasteiger partial charge in [-0.3, -0.25) is 4.79 Å². The summed E-state index contributed by atoms with van der Waals surface area (Å²) in [6.07, 6.45) is 5.08. The summed E-state index contributed by atoms with van der Waals surface area (Å²) < 4.78 is 7.36. The molecule has 1 amide bonds. The Balaban J connectivity index is 1.62. The Hall–Kier alpha value is -2.82. The highest BCUT2D eigenvalue weighted by molar-refractivity contribution is 5.91. The third kappa shape index (κ3) is 4.13. The molecule has 0 radical (unpaired) electrons. The number of rotatable bonds is 6. The van der Waals surface area contributed by atoms with Crippen LogP contribution < -0.4 is 0 Å². The fourth-order valence-corrected chi connectivity index (χ4v) is 3.55. The number of likely N-dealkylation sites (N-methyl/N-ethyl adjacent to an activating group) is 1. The number of esters is 1. The van der Waals surface area contributed by atoms with Crippen LogP contribution in [0.4, 0.5) is 0 Å². The van der Waals surface area contributed by atoms with Gasteiger partial charge in [-0.1, -0.05) is 6.08 Å². The monoisotopic (exact) mass is 366 g/mol. The summed E-state index contributed by atoms with van der Waals surface area (Å²) in [7, 11) is 0. The number of hydrogen-bond acceptors (Lipinski definition) is 3. The normalized spacial score (nSPS) is 13.4. The number of benzene rings is 1. The number of ether oxygens (including phenoxy) is 1. The van der Waals surface area contributed by atoms with E-state index in [9.17, 15) is 9.59 Å². The van der Waals surface area contributed by atoms with Gasteiger partial charge in [-0.15, -0.1) is 0 Å². The van der Waals surface area contributed by atoms with Gasteiger partial charge >= 0.3 is 5.97 Å². The van der Waals surface area contributed by atoms with E-state index in [0.717, 1.165) is 42.0 Å². The first kappa shape index (κ1) is 19.0. The summed E-state index contributed by atoms with van der Waals surface area (Å²) in [5.41, 5.74) is 4.74. The van der Waals surface area contributed by atoms with Crippen molar-refractivity contribution in [2.24, 2.45) is 0 Å². The summed E-state index contributed by atoms with van der Waals surface area (Å²) in [6.45, 7) is 6.37. The van der Waals surface area contributed by atoms with Crippen molar-refractivity contribution in [3.63, 3.8) is 0 Å². The first-order chi connectivity index (χ1) is 13.0. The molecule has 0 unspecified atom stereocenters. The summed E-state index contributed by atoms with van der Waals surface area (Å²) in [4.78, 5) is 26.4. The SMILES string of the molecule is CCN(C(=O)COC(=O)c1ccc(-n2c(C)ccc2C)cc1)C1=CCCC1. The van der Waals surface area contributed by atoms with E-state index >= 15 is 0 Å². The van der Waals surface area contributed by atoms with E-state index in [1.165, 1.54) is 0 Å². The van der Waals surface area contributed by atoms with Crippen LogP contribution in [-0.2, 0) is 9.53 Å². The van der Waals surface area contributed by atoms with Gasteiger partial charge < -0.3 is 14.2 Å². The van der Waals surface area contributed by atoms with Gasteiger partial charge in [0.15, 0.2) is 6.61 Å². The van der Waals surface area contributed by atoms with Gasteiger partial charge in [-0.05, 0) is 76.4 Å². The number of nitrogens with zero attached hydrogens (tertiary/aromatic N) is 2. The average molecular weight is 366 g/mol. The van der Waals surface area contributed by atoms with Crippen molar-refractivity contribution in [2.45, 2.75) is 40.0 Å². The molecule has 0 saturated carbocycles. The van der Waals surface area contributed by atoms with E-state index in [1.54, 1.807) is 17.0 Å². The summed E-state index contributed by atoms with van der Waals surface area (Å²) in [6, 6.07) is 11.4. The topological polar surface area (TPSA) is 51.5 Å². The second-order valence-corrected chi connectivity index (χ2v) is 6.80. The smallest absolute Gasteiger partial charge is 0.338 e. The van der Waals surface area contributed by atoms with Crippen molar-refractivity contribution in [3.8, 4) is 5.69 Å². The predicted octanol–water partition coefficient (Wildman–Crippen LogP) is 4.17. The molecule has 0 atom stereocenters. The highest BCUT2D eigenvalue weighted by Crippen LogP contribution is 2.21. The first-order valence-electron chi connectivity index (χ1n) is 9.43. The molecule has 5 nitrogen and oxygen atoms in total. The van der Waals surface area contributed by atoms with Gasteiger partial charge in [0.1, 0.15) is 0 Å². The maximum absolute atomic E-state index is 12.4. The second kappa shape index (κ2) is 8.25. The Kier molecular flexibility index (Phi) is 5.79. The number of hydrogen-bond donors (Lipinski definition) is 0. The molecule has 142 valence electrons. The maximum Gasteiger partial charge on any atom is 0.338 e. The minimum Gasteiger partial charge on any atom is -0.452 e. The van der Waals surface area contributed by atoms with E-state index in [2.05, 4.69) is 22.8 Å². The number of aryl methyl sites for hydroxylation is 2. The molecule has 0 aliphatic heterocycles. The van der Waals surface area contributed by atoms with Gasteiger partial charge in [-0.2, -0.15) is 0 Å². The lowest BCUT2D eigenvalue weighted by molar-refractivity contribution is -0.132. The van der Waals surface area contributed by atoms with Crippen LogP contribution in [0.2, 0.25) is 0 Å². The molecule has 1 heterocycles. The zero-order valence-corrected chi connectivity index (χ0v) is 16.2. The summed E-state index contributed by atoms with van der Waals surface area (Å²) >= 11 is 0. The minimum atomic E-state index is -0.479. The van der Waals surface area contributed by atoms with E-state index < -0.39 is 5.97 Å². The molecule has 2 aromatic rings. The number of aromatic nitrogens is 1. The lowest BCUT2D eigenvalue weighted by Gasteiger charge is -2.22. The number of allylic oxidation sites excluding steroid dienone is 2. The average Bonchev–Trinajstić information content (AvgIpc) is 3.31. The van der Waals surface area contributed by atoms with Crippen molar-refractivity contribution in [3.05, 3.63) is 65.1 Å². The van der Waals surface area contributed by atoms with Crippen molar-refractivity contribution >= 4 is 11.9 Å². The molecular weight excluding hydrogens is 340 g/mol. The molecular formula is C22H26N2O3. The predicted molar refractivity (Wildman–Crippen MR) is 105 cm³/mol. The third-order valence-electron chi connectivity index (χ3n) is 4.94. The van der Waals surface area contributed by atoms with Crippen molar-refractivity contribution < 1.29 is 14.3 Å². The van der Waals surface area contributed by atoms with Crippen molar-refractivity contribution in [1.82, 2.24) is 9.47 Å². The van der Waals surface area contributed by atoms with Gasteiger partial charge in [0.25, 0.3) is 5.91 Å². The molecule has 1 aliphatic carbocycles. The van der Waals surface area contributed by atoms with Crippen LogP contribution in [0, 0.1) is 13.8 Å². The minimum absolute atomic E-state index is 0.172. The summed E-state index contributed by atoms with van der Waals surface area (Å²) in [5.74, 6) is -0.651. The van der Waals surface area contributed by atoms with Gasteiger partial charge in [0.05, 0.1) is 5.56 Å². The number of amides is 1. The van der Waals surface area contributed by atoms with Crippen LogP contribution >= 0.6 is 0 Å². The van der Waals surface area contributed by atoms with Crippen LogP contribution in [0.3, 0.4) is 0 Å². The van der Waals surface area contributed by atoms with Gasteiger partial charge in [-0.25, -0.2) is 4.79 Å². The zero-order chi connectivity index (χ0) is 19.4. The van der Waals surface area contributed by atoms with E-state index in [0.29, 0.717) is 12.1 Å². The molecule has 0 fully saturated rings. The van der Waals surface area contributed by atoms with Crippen LogP contribution in [0.5, 0.6) is 0 Å². The number of carbonyl (C=O) groups is 2. The molecule has 0 N–H and O–H groups in total. The Morgan fingerprint density at radius 1 is 1.07 bits per heavy atom. The molecule has 0 spiro atoms. The van der Waals surface area contributed by atoms with E-state index in [1.807, 2.05) is 32.9 Å². The zero-order valence-electron chi connectivity index (χ0n) is 16.2.